The maximum atomic E-state index is 6.02. The van der Waals surface area contributed by atoms with Crippen LogP contribution < -0.4 is 15.2 Å². The summed E-state index contributed by atoms with van der Waals surface area (Å²) in [6, 6.07) is 17.7. The van der Waals surface area contributed by atoms with Gasteiger partial charge in [0.2, 0.25) is 0 Å². The van der Waals surface area contributed by atoms with Crippen LogP contribution in [0, 0.1) is 6.92 Å². The van der Waals surface area contributed by atoms with Gasteiger partial charge in [0.05, 0.1) is 6.61 Å². The van der Waals surface area contributed by atoms with Crippen LogP contribution >= 0.6 is 0 Å². The van der Waals surface area contributed by atoms with Crippen molar-refractivity contribution in [1.29, 1.82) is 0 Å². The van der Waals surface area contributed by atoms with E-state index in [-0.39, 0.29) is 6.04 Å². The van der Waals surface area contributed by atoms with Crippen LogP contribution in [-0.4, -0.2) is 19.3 Å². The molecule has 1 atom stereocenters. The number of hydrogen-bond donors (Lipinski definition) is 1. The molecule has 106 valence electrons. The molecule has 0 aliphatic heterocycles. The van der Waals surface area contributed by atoms with Crippen molar-refractivity contribution >= 4 is 0 Å². The molecule has 3 heteroatoms. The van der Waals surface area contributed by atoms with Crippen molar-refractivity contribution in [2.75, 3.05) is 13.2 Å². The van der Waals surface area contributed by atoms with Crippen molar-refractivity contribution in [3.05, 3.63) is 60.2 Å². The van der Waals surface area contributed by atoms with Gasteiger partial charge in [0.25, 0.3) is 0 Å². The second-order valence-electron chi connectivity index (χ2n) is 4.84. The maximum Gasteiger partial charge on any atom is 0.119 e. The molecule has 3 nitrogen and oxygen atoms in total. The van der Waals surface area contributed by atoms with Gasteiger partial charge >= 0.3 is 0 Å². The number of nitrogens with two attached hydrogens (primary N) is 1. The van der Waals surface area contributed by atoms with Crippen LogP contribution in [-0.2, 0) is 0 Å². The Morgan fingerprint density at radius 2 is 1.70 bits per heavy atom. The number of para-hydroxylation sites is 1. The number of rotatable bonds is 7. The third kappa shape index (κ3) is 4.94. The zero-order chi connectivity index (χ0) is 14.2. The Morgan fingerprint density at radius 3 is 2.45 bits per heavy atom. The first-order valence-electron chi connectivity index (χ1n) is 6.87. The summed E-state index contributed by atoms with van der Waals surface area (Å²) in [6.07, 6.45) is 0.765. The van der Waals surface area contributed by atoms with E-state index in [1.807, 2.05) is 61.5 Å². The number of aryl methyl sites for hydroxylation is 1. The second-order valence-corrected chi connectivity index (χ2v) is 4.84. The molecule has 2 rings (SSSR count). The monoisotopic (exact) mass is 271 g/mol. The number of benzene rings is 2. The molecule has 2 aromatic carbocycles. The Bertz CT molecular complexity index is 513. The van der Waals surface area contributed by atoms with Crippen LogP contribution in [0.1, 0.15) is 12.0 Å². The molecular formula is C17H21NO2. The van der Waals surface area contributed by atoms with Crippen LogP contribution in [0.3, 0.4) is 0 Å². The Balaban J connectivity index is 1.67. The first kappa shape index (κ1) is 14.4. The molecule has 0 saturated heterocycles. The largest absolute Gasteiger partial charge is 0.494 e. The molecule has 0 fully saturated rings. The topological polar surface area (TPSA) is 44.5 Å². The van der Waals surface area contributed by atoms with Crippen LogP contribution in [0.2, 0.25) is 0 Å². The lowest BCUT2D eigenvalue weighted by Gasteiger charge is -2.14. The molecular weight excluding hydrogens is 250 g/mol. The fourth-order valence-electron chi connectivity index (χ4n) is 1.84. The first-order valence-corrected chi connectivity index (χ1v) is 6.87. The van der Waals surface area contributed by atoms with Crippen LogP contribution in [0.15, 0.2) is 54.6 Å². The van der Waals surface area contributed by atoms with E-state index < -0.39 is 0 Å². The molecule has 20 heavy (non-hydrogen) atoms. The minimum absolute atomic E-state index is 0.0285. The van der Waals surface area contributed by atoms with Gasteiger partial charge in [-0.2, -0.15) is 0 Å². The Labute approximate surface area is 120 Å². The summed E-state index contributed by atoms with van der Waals surface area (Å²) in [5.74, 6) is 1.74. The lowest BCUT2D eigenvalue weighted by atomic mass is 10.2. The zero-order valence-electron chi connectivity index (χ0n) is 11.8. The average molecular weight is 271 g/mol. The summed E-state index contributed by atoms with van der Waals surface area (Å²) in [4.78, 5) is 0. The summed E-state index contributed by atoms with van der Waals surface area (Å²) in [5, 5.41) is 0. The normalized spacial score (nSPS) is 11.9. The Kier molecular flexibility index (Phi) is 5.44. The summed E-state index contributed by atoms with van der Waals surface area (Å²) < 4.78 is 11.3. The zero-order valence-corrected chi connectivity index (χ0v) is 11.8. The van der Waals surface area contributed by atoms with Gasteiger partial charge in [0.1, 0.15) is 18.1 Å². The maximum absolute atomic E-state index is 6.02. The standard InChI is InChI=1S/C17H21NO2/c1-14-6-5-9-17(12-14)20-13-15(18)10-11-19-16-7-3-2-4-8-16/h2-9,12,15H,10-11,13,18H2,1H3/t15-/m0/s1. The van der Waals surface area contributed by atoms with Gasteiger partial charge in [-0.25, -0.2) is 0 Å². The van der Waals surface area contributed by atoms with E-state index in [0.29, 0.717) is 13.2 Å². The van der Waals surface area contributed by atoms with Crippen LogP contribution in [0.4, 0.5) is 0 Å². The van der Waals surface area contributed by atoms with Crippen molar-refractivity contribution in [3.63, 3.8) is 0 Å². The molecule has 0 bridgehead atoms. The molecule has 0 aromatic heterocycles. The number of hydrogen-bond acceptors (Lipinski definition) is 3. The second kappa shape index (κ2) is 7.56. The van der Waals surface area contributed by atoms with E-state index in [1.165, 1.54) is 5.56 Å². The molecule has 2 aromatic rings. The molecule has 0 heterocycles. The average Bonchev–Trinajstić information content (AvgIpc) is 2.46. The number of ether oxygens (including phenoxy) is 2. The predicted molar refractivity (Wildman–Crippen MR) is 81.2 cm³/mol. The summed E-state index contributed by atoms with van der Waals surface area (Å²) >= 11 is 0. The lowest BCUT2D eigenvalue weighted by Crippen LogP contribution is -2.29. The van der Waals surface area contributed by atoms with Crippen LogP contribution in [0.5, 0.6) is 11.5 Å². The van der Waals surface area contributed by atoms with Gasteiger partial charge in [-0.15, -0.1) is 0 Å². The molecule has 0 saturated carbocycles. The fourth-order valence-corrected chi connectivity index (χ4v) is 1.84. The molecule has 2 N–H and O–H groups in total. The van der Waals surface area contributed by atoms with E-state index in [2.05, 4.69) is 0 Å². The fraction of sp³-hybridized carbons (Fsp3) is 0.294. The Hall–Kier alpha value is -2.00. The van der Waals surface area contributed by atoms with Crippen molar-refractivity contribution < 1.29 is 9.47 Å². The Morgan fingerprint density at radius 1 is 0.950 bits per heavy atom. The quantitative estimate of drug-likeness (QED) is 0.841. The van der Waals surface area contributed by atoms with E-state index in [0.717, 1.165) is 17.9 Å². The van der Waals surface area contributed by atoms with Crippen molar-refractivity contribution in [2.24, 2.45) is 5.73 Å². The van der Waals surface area contributed by atoms with Gasteiger partial charge in [-0.05, 0) is 43.2 Å². The van der Waals surface area contributed by atoms with Crippen molar-refractivity contribution in [2.45, 2.75) is 19.4 Å². The molecule has 0 radical (unpaired) electrons. The predicted octanol–water partition coefficient (Wildman–Crippen LogP) is 3.17. The molecule has 0 unspecified atom stereocenters. The van der Waals surface area contributed by atoms with Crippen molar-refractivity contribution in [3.8, 4) is 11.5 Å². The smallest absolute Gasteiger partial charge is 0.119 e. The lowest BCUT2D eigenvalue weighted by molar-refractivity contribution is 0.245. The molecule has 0 aliphatic rings. The summed E-state index contributed by atoms with van der Waals surface area (Å²) in [5.41, 5.74) is 7.20. The van der Waals surface area contributed by atoms with Gasteiger partial charge in [-0.3, -0.25) is 0 Å². The minimum Gasteiger partial charge on any atom is -0.494 e. The van der Waals surface area contributed by atoms with Crippen LogP contribution in [0.25, 0.3) is 0 Å². The van der Waals surface area contributed by atoms with Crippen molar-refractivity contribution in [1.82, 2.24) is 0 Å². The summed E-state index contributed by atoms with van der Waals surface area (Å²) in [7, 11) is 0. The highest BCUT2D eigenvalue weighted by Crippen LogP contribution is 2.13. The van der Waals surface area contributed by atoms with E-state index >= 15 is 0 Å². The van der Waals surface area contributed by atoms with Gasteiger partial charge < -0.3 is 15.2 Å². The third-order valence-corrected chi connectivity index (χ3v) is 2.95. The van der Waals surface area contributed by atoms with Gasteiger partial charge in [0.15, 0.2) is 0 Å². The van der Waals surface area contributed by atoms with Gasteiger partial charge in [-0.1, -0.05) is 30.3 Å². The van der Waals surface area contributed by atoms with E-state index in [4.69, 9.17) is 15.2 Å². The molecule has 0 spiro atoms. The molecule has 0 aliphatic carbocycles. The highest BCUT2D eigenvalue weighted by atomic mass is 16.5. The SMILES string of the molecule is Cc1cccc(OC[C@@H](N)CCOc2ccccc2)c1. The first-order chi connectivity index (χ1) is 9.74. The van der Waals surface area contributed by atoms with E-state index in [9.17, 15) is 0 Å². The highest BCUT2D eigenvalue weighted by molar-refractivity contribution is 5.27. The molecule has 0 amide bonds. The van der Waals surface area contributed by atoms with Gasteiger partial charge in [0, 0.05) is 6.04 Å². The van der Waals surface area contributed by atoms with E-state index in [1.54, 1.807) is 0 Å². The summed E-state index contributed by atoms with van der Waals surface area (Å²) in [6.45, 7) is 3.14. The minimum atomic E-state index is -0.0285. The highest BCUT2D eigenvalue weighted by Gasteiger charge is 2.04. The third-order valence-electron chi connectivity index (χ3n) is 2.95.